The molecule has 1 saturated carbocycles. The molecule has 0 spiro atoms. The van der Waals surface area contributed by atoms with E-state index in [2.05, 4.69) is 42.8 Å². The second kappa shape index (κ2) is 7.20. The maximum Gasteiger partial charge on any atom is 0.118 e. The van der Waals surface area contributed by atoms with Gasteiger partial charge in [0.05, 0.1) is 7.11 Å². The van der Waals surface area contributed by atoms with Crippen molar-refractivity contribution < 1.29 is 4.74 Å². The minimum atomic E-state index is 0.469. The summed E-state index contributed by atoms with van der Waals surface area (Å²) >= 11 is 2.02. The molecule has 1 fully saturated rings. The van der Waals surface area contributed by atoms with Crippen molar-refractivity contribution in [2.45, 2.75) is 49.9 Å². The molecule has 0 bridgehead atoms. The summed E-state index contributed by atoms with van der Waals surface area (Å²) in [7, 11) is 1.71. The molecule has 1 aliphatic carbocycles. The summed E-state index contributed by atoms with van der Waals surface area (Å²) < 4.78 is 5.22. The average molecular weight is 279 g/mol. The van der Waals surface area contributed by atoms with Gasteiger partial charge in [0.1, 0.15) is 5.75 Å². The largest absolute Gasteiger partial charge is 0.497 e. The van der Waals surface area contributed by atoms with Crippen molar-refractivity contribution in [1.29, 1.82) is 0 Å². The van der Waals surface area contributed by atoms with E-state index in [9.17, 15) is 0 Å². The fraction of sp³-hybridized carbons (Fsp3) is 0.625. The number of methoxy groups -OCH3 is 1. The second-order valence-electron chi connectivity index (χ2n) is 5.27. The van der Waals surface area contributed by atoms with Gasteiger partial charge in [-0.05, 0) is 49.6 Å². The van der Waals surface area contributed by atoms with Crippen LogP contribution in [0.2, 0.25) is 0 Å². The van der Waals surface area contributed by atoms with Gasteiger partial charge in [-0.3, -0.25) is 0 Å². The molecule has 1 N–H and O–H groups in total. The van der Waals surface area contributed by atoms with Gasteiger partial charge < -0.3 is 10.1 Å². The molecule has 0 aliphatic heterocycles. The van der Waals surface area contributed by atoms with Gasteiger partial charge in [-0.2, -0.15) is 11.8 Å². The molecule has 19 heavy (non-hydrogen) atoms. The number of benzene rings is 1. The van der Waals surface area contributed by atoms with Gasteiger partial charge in [0, 0.05) is 17.3 Å². The van der Waals surface area contributed by atoms with Crippen LogP contribution in [0.5, 0.6) is 5.75 Å². The molecule has 1 aromatic rings. The number of hydrogen-bond acceptors (Lipinski definition) is 3. The summed E-state index contributed by atoms with van der Waals surface area (Å²) in [4.78, 5) is 0. The predicted molar refractivity (Wildman–Crippen MR) is 84.1 cm³/mol. The number of rotatable bonds is 6. The normalized spacial score (nSPS) is 24.4. The van der Waals surface area contributed by atoms with Crippen LogP contribution in [0, 0.1) is 0 Å². The number of nitrogens with one attached hydrogen (secondary N) is 1. The maximum atomic E-state index is 5.22. The van der Waals surface area contributed by atoms with Gasteiger partial charge in [-0.25, -0.2) is 0 Å². The summed E-state index contributed by atoms with van der Waals surface area (Å²) in [5.74, 6) is 0.932. The van der Waals surface area contributed by atoms with E-state index in [1.807, 2.05) is 11.8 Å². The molecule has 0 radical (unpaired) electrons. The van der Waals surface area contributed by atoms with Crippen molar-refractivity contribution >= 4 is 11.8 Å². The summed E-state index contributed by atoms with van der Waals surface area (Å²) in [6.07, 6.45) is 7.35. The topological polar surface area (TPSA) is 21.3 Å². The zero-order chi connectivity index (χ0) is 13.7. The molecule has 1 aliphatic rings. The highest BCUT2D eigenvalue weighted by atomic mass is 32.2. The van der Waals surface area contributed by atoms with Crippen molar-refractivity contribution in [3.8, 4) is 5.75 Å². The molecule has 2 nitrogen and oxygen atoms in total. The Morgan fingerprint density at radius 1 is 1.32 bits per heavy atom. The van der Waals surface area contributed by atoms with E-state index in [0.29, 0.717) is 12.1 Å². The summed E-state index contributed by atoms with van der Waals surface area (Å²) in [5, 5.41) is 4.68. The third-order valence-electron chi connectivity index (χ3n) is 4.08. The Morgan fingerprint density at radius 3 is 2.58 bits per heavy atom. The highest BCUT2D eigenvalue weighted by Gasteiger charge is 2.25. The summed E-state index contributed by atoms with van der Waals surface area (Å²) in [5.41, 5.74) is 1.37. The molecule has 3 heteroatoms. The lowest BCUT2D eigenvalue weighted by atomic mass is 10.0. The van der Waals surface area contributed by atoms with E-state index < -0.39 is 0 Å². The van der Waals surface area contributed by atoms with Crippen LogP contribution in [0.1, 0.15) is 44.2 Å². The quantitative estimate of drug-likeness (QED) is 0.850. The van der Waals surface area contributed by atoms with Gasteiger partial charge in [0.15, 0.2) is 0 Å². The highest BCUT2D eigenvalue weighted by Crippen LogP contribution is 2.30. The molecule has 0 saturated heterocycles. The van der Waals surface area contributed by atoms with E-state index >= 15 is 0 Å². The second-order valence-corrected chi connectivity index (χ2v) is 6.41. The fourth-order valence-corrected chi connectivity index (χ4v) is 3.67. The first-order valence-corrected chi connectivity index (χ1v) is 8.48. The zero-order valence-corrected chi connectivity index (χ0v) is 13.0. The zero-order valence-electron chi connectivity index (χ0n) is 12.2. The number of thioether (sulfide) groups is 1. The van der Waals surface area contributed by atoms with Crippen molar-refractivity contribution in [3.63, 3.8) is 0 Å². The van der Waals surface area contributed by atoms with E-state index in [1.165, 1.54) is 24.8 Å². The Balaban J connectivity index is 1.95. The van der Waals surface area contributed by atoms with Crippen LogP contribution in [0.25, 0.3) is 0 Å². The first kappa shape index (κ1) is 14.7. The van der Waals surface area contributed by atoms with Crippen LogP contribution < -0.4 is 10.1 Å². The fourth-order valence-electron chi connectivity index (χ4n) is 2.88. The third-order valence-corrected chi connectivity index (χ3v) is 5.18. The SMILES string of the molecule is CCC(NC1CCC(SC)C1)c1ccc(OC)cc1. The molecular weight excluding hydrogens is 254 g/mol. The van der Waals surface area contributed by atoms with E-state index in [-0.39, 0.29) is 0 Å². The van der Waals surface area contributed by atoms with Crippen molar-refractivity contribution in [2.75, 3.05) is 13.4 Å². The van der Waals surface area contributed by atoms with Crippen LogP contribution in [0.15, 0.2) is 24.3 Å². The van der Waals surface area contributed by atoms with E-state index in [4.69, 9.17) is 4.74 Å². The molecule has 0 amide bonds. The number of ether oxygens (including phenoxy) is 1. The molecule has 3 unspecified atom stereocenters. The van der Waals surface area contributed by atoms with Crippen LogP contribution in [-0.4, -0.2) is 24.7 Å². The lowest BCUT2D eigenvalue weighted by Crippen LogP contribution is -2.30. The van der Waals surface area contributed by atoms with Gasteiger partial charge in [0.2, 0.25) is 0 Å². The van der Waals surface area contributed by atoms with Crippen LogP contribution in [-0.2, 0) is 0 Å². The summed E-state index contributed by atoms with van der Waals surface area (Å²) in [6.45, 7) is 2.25. The van der Waals surface area contributed by atoms with E-state index in [0.717, 1.165) is 17.4 Å². The minimum Gasteiger partial charge on any atom is -0.497 e. The van der Waals surface area contributed by atoms with Crippen molar-refractivity contribution in [2.24, 2.45) is 0 Å². The van der Waals surface area contributed by atoms with Crippen molar-refractivity contribution in [1.82, 2.24) is 5.32 Å². The van der Waals surface area contributed by atoms with Gasteiger partial charge in [0.25, 0.3) is 0 Å². The smallest absolute Gasteiger partial charge is 0.118 e. The highest BCUT2D eigenvalue weighted by molar-refractivity contribution is 7.99. The Kier molecular flexibility index (Phi) is 5.59. The lowest BCUT2D eigenvalue weighted by Gasteiger charge is -2.22. The predicted octanol–water partition coefficient (Wildman–Crippen LogP) is 4.02. The maximum absolute atomic E-state index is 5.22. The Labute approximate surface area is 121 Å². The number of hydrogen-bond donors (Lipinski definition) is 1. The third kappa shape index (κ3) is 3.90. The van der Waals surface area contributed by atoms with Crippen LogP contribution in [0.4, 0.5) is 0 Å². The molecule has 0 heterocycles. The first-order chi connectivity index (χ1) is 9.26. The standard InChI is InChI=1S/C16H25NOS/c1-4-16(12-5-8-14(18-2)9-6-12)17-13-7-10-15(11-13)19-3/h5-6,8-9,13,15-17H,4,7,10-11H2,1-3H3. The monoisotopic (exact) mass is 279 g/mol. The molecule has 106 valence electrons. The van der Waals surface area contributed by atoms with Crippen LogP contribution in [0.3, 0.4) is 0 Å². The molecule has 2 rings (SSSR count). The Morgan fingerprint density at radius 2 is 2.05 bits per heavy atom. The first-order valence-electron chi connectivity index (χ1n) is 7.19. The summed E-state index contributed by atoms with van der Waals surface area (Å²) in [6, 6.07) is 9.63. The Bertz CT molecular complexity index is 379. The molecule has 1 aromatic carbocycles. The lowest BCUT2D eigenvalue weighted by molar-refractivity contribution is 0.412. The van der Waals surface area contributed by atoms with Gasteiger partial charge in [-0.15, -0.1) is 0 Å². The van der Waals surface area contributed by atoms with Gasteiger partial charge in [-0.1, -0.05) is 19.1 Å². The van der Waals surface area contributed by atoms with Gasteiger partial charge >= 0.3 is 0 Å². The van der Waals surface area contributed by atoms with E-state index in [1.54, 1.807) is 7.11 Å². The molecular formula is C16H25NOS. The van der Waals surface area contributed by atoms with Crippen LogP contribution >= 0.6 is 11.8 Å². The molecule has 3 atom stereocenters. The molecule has 0 aromatic heterocycles. The minimum absolute atomic E-state index is 0.469. The Hall–Kier alpha value is -0.670. The van der Waals surface area contributed by atoms with Crippen molar-refractivity contribution in [3.05, 3.63) is 29.8 Å². The average Bonchev–Trinajstić information content (AvgIpc) is 2.92.